The van der Waals surface area contributed by atoms with Gasteiger partial charge in [-0.25, -0.2) is 9.97 Å². The summed E-state index contributed by atoms with van der Waals surface area (Å²) >= 11 is 0. The number of rotatable bonds is 4. The van der Waals surface area contributed by atoms with Crippen LogP contribution in [-0.2, 0) is 19.5 Å². The minimum absolute atomic E-state index is 0.389. The Hall–Kier alpha value is -1.98. The highest BCUT2D eigenvalue weighted by molar-refractivity contribution is 5.48. The molecule has 0 spiro atoms. The second-order valence-electron chi connectivity index (χ2n) is 8.78. The Morgan fingerprint density at radius 3 is 2.72 bits per heavy atom. The van der Waals surface area contributed by atoms with Crippen LogP contribution < -0.4 is 4.74 Å². The van der Waals surface area contributed by atoms with Crippen LogP contribution in [0.2, 0.25) is 0 Å². The van der Waals surface area contributed by atoms with Gasteiger partial charge in [0, 0.05) is 43.5 Å². The molecule has 29 heavy (non-hydrogen) atoms. The molecule has 0 aliphatic carbocycles. The smallest absolute Gasteiger partial charge is 0.145 e. The fourth-order valence-corrected chi connectivity index (χ4v) is 4.86. The molecular weight excluding hydrogens is 360 g/mol. The van der Waals surface area contributed by atoms with Gasteiger partial charge in [-0.15, -0.1) is 0 Å². The van der Waals surface area contributed by atoms with E-state index in [1.807, 2.05) is 0 Å². The minimum Gasteiger partial charge on any atom is -0.496 e. The highest BCUT2D eigenvalue weighted by Gasteiger charge is 2.26. The van der Waals surface area contributed by atoms with E-state index in [1.165, 1.54) is 52.8 Å². The standard InChI is InChI=1S/C24H34N4O/c1-16-12-23(29-5)18(3)17(2)20(16)15-28-11-9-21-19(14-28)13-25-24(26-21)22-8-6-7-10-27(22)4/h12-13,22H,6-11,14-15H2,1-5H3/t22-/m0/s1. The van der Waals surface area contributed by atoms with Gasteiger partial charge in [0.15, 0.2) is 0 Å². The van der Waals surface area contributed by atoms with Crippen molar-refractivity contribution in [3.05, 3.63) is 51.6 Å². The maximum Gasteiger partial charge on any atom is 0.145 e. The van der Waals surface area contributed by atoms with Crippen molar-refractivity contribution in [2.45, 2.75) is 65.6 Å². The molecule has 0 radical (unpaired) electrons. The maximum atomic E-state index is 5.53. The zero-order valence-corrected chi connectivity index (χ0v) is 18.6. The van der Waals surface area contributed by atoms with Gasteiger partial charge in [0.1, 0.15) is 11.6 Å². The SMILES string of the molecule is COc1cc(C)c(CN2CCc3nc([C@@H]4CCCCN4C)ncc3C2)c(C)c1C. The average Bonchev–Trinajstić information content (AvgIpc) is 2.73. The molecule has 1 fully saturated rings. The van der Waals surface area contributed by atoms with Gasteiger partial charge in [-0.2, -0.15) is 0 Å². The molecule has 0 N–H and O–H groups in total. The first-order chi connectivity index (χ1) is 14.0. The molecule has 0 amide bonds. The highest BCUT2D eigenvalue weighted by atomic mass is 16.5. The van der Waals surface area contributed by atoms with Crippen molar-refractivity contribution in [2.75, 3.05) is 27.2 Å². The van der Waals surface area contributed by atoms with E-state index in [1.54, 1.807) is 7.11 Å². The van der Waals surface area contributed by atoms with Crippen LogP contribution in [0.5, 0.6) is 5.75 Å². The number of piperidine rings is 1. The largest absolute Gasteiger partial charge is 0.496 e. The molecule has 1 saturated heterocycles. The Labute approximate surface area is 175 Å². The van der Waals surface area contributed by atoms with E-state index in [0.29, 0.717) is 6.04 Å². The Morgan fingerprint density at radius 2 is 1.97 bits per heavy atom. The van der Waals surface area contributed by atoms with Crippen molar-refractivity contribution < 1.29 is 4.74 Å². The van der Waals surface area contributed by atoms with Crippen molar-refractivity contribution in [2.24, 2.45) is 0 Å². The van der Waals surface area contributed by atoms with E-state index in [9.17, 15) is 0 Å². The van der Waals surface area contributed by atoms with E-state index in [2.05, 4.69) is 49.9 Å². The minimum atomic E-state index is 0.389. The highest BCUT2D eigenvalue weighted by Crippen LogP contribution is 2.31. The monoisotopic (exact) mass is 394 g/mol. The summed E-state index contributed by atoms with van der Waals surface area (Å²) in [4.78, 5) is 14.7. The first-order valence-corrected chi connectivity index (χ1v) is 10.9. The first kappa shape index (κ1) is 20.3. The van der Waals surface area contributed by atoms with Crippen LogP contribution in [0.15, 0.2) is 12.3 Å². The lowest BCUT2D eigenvalue weighted by Crippen LogP contribution is -2.34. The van der Waals surface area contributed by atoms with Crippen molar-refractivity contribution in [3.8, 4) is 5.75 Å². The van der Waals surface area contributed by atoms with Crippen LogP contribution in [0, 0.1) is 20.8 Å². The van der Waals surface area contributed by atoms with Gasteiger partial charge in [0.25, 0.3) is 0 Å². The molecule has 2 aliphatic rings. The summed E-state index contributed by atoms with van der Waals surface area (Å²) in [5.41, 5.74) is 7.87. The van der Waals surface area contributed by atoms with E-state index < -0.39 is 0 Å². The Balaban J connectivity index is 1.51. The van der Waals surface area contributed by atoms with E-state index >= 15 is 0 Å². The summed E-state index contributed by atoms with van der Waals surface area (Å²) in [5, 5.41) is 0. The molecule has 156 valence electrons. The van der Waals surface area contributed by atoms with Gasteiger partial charge in [0.05, 0.1) is 13.2 Å². The second kappa shape index (κ2) is 8.41. The zero-order chi connectivity index (χ0) is 20.5. The number of fused-ring (bicyclic) bond motifs is 1. The molecule has 1 atom stereocenters. The van der Waals surface area contributed by atoms with Crippen LogP contribution in [0.4, 0.5) is 0 Å². The molecule has 3 heterocycles. The third-order valence-corrected chi connectivity index (χ3v) is 6.91. The molecule has 2 aliphatic heterocycles. The summed E-state index contributed by atoms with van der Waals surface area (Å²) in [6.07, 6.45) is 6.84. The average molecular weight is 395 g/mol. The molecule has 1 aromatic carbocycles. The van der Waals surface area contributed by atoms with Crippen LogP contribution in [0.1, 0.15) is 64.6 Å². The molecule has 2 aromatic rings. The Bertz CT molecular complexity index is 895. The number of hydrogen-bond acceptors (Lipinski definition) is 5. The maximum absolute atomic E-state index is 5.53. The number of benzene rings is 1. The normalized spacial score (nSPS) is 20.5. The van der Waals surface area contributed by atoms with Crippen molar-refractivity contribution in [1.29, 1.82) is 0 Å². The summed E-state index contributed by atoms with van der Waals surface area (Å²) in [6, 6.07) is 2.56. The lowest BCUT2D eigenvalue weighted by molar-refractivity contribution is 0.178. The zero-order valence-electron chi connectivity index (χ0n) is 18.6. The van der Waals surface area contributed by atoms with E-state index in [4.69, 9.17) is 14.7 Å². The van der Waals surface area contributed by atoms with Crippen molar-refractivity contribution in [1.82, 2.24) is 19.8 Å². The summed E-state index contributed by atoms with van der Waals surface area (Å²) in [7, 11) is 3.96. The van der Waals surface area contributed by atoms with Crippen molar-refractivity contribution in [3.63, 3.8) is 0 Å². The predicted molar refractivity (Wildman–Crippen MR) is 116 cm³/mol. The molecule has 5 nitrogen and oxygen atoms in total. The molecule has 0 unspecified atom stereocenters. The molecule has 0 saturated carbocycles. The topological polar surface area (TPSA) is 41.5 Å². The van der Waals surface area contributed by atoms with Gasteiger partial charge in [-0.3, -0.25) is 9.80 Å². The number of ether oxygens (including phenoxy) is 1. The fraction of sp³-hybridized carbons (Fsp3) is 0.583. The molecular formula is C24H34N4O. The van der Waals surface area contributed by atoms with Crippen LogP contribution in [0.3, 0.4) is 0 Å². The lowest BCUT2D eigenvalue weighted by atomic mass is 9.96. The fourth-order valence-electron chi connectivity index (χ4n) is 4.86. The number of aromatic nitrogens is 2. The molecule has 4 rings (SSSR count). The number of aryl methyl sites for hydroxylation is 1. The predicted octanol–water partition coefficient (Wildman–Crippen LogP) is 4.13. The number of hydrogen-bond donors (Lipinski definition) is 0. The summed E-state index contributed by atoms with van der Waals surface area (Å²) in [5.74, 6) is 2.01. The van der Waals surface area contributed by atoms with Gasteiger partial charge < -0.3 is 4.74 Å². The van der Waals surface area contributed by atoms with Crippen LogP contribution in [-0.4, -0.2) is 47.0 Å². The first-order valence-electron chi connectivity index (χ1n) is 10.9. The van der Waals surface area contributed by atoms with Gasteiger partial charge >= 0.3 is 0 Å². The Morgan fingerprint density at radius 1 is 1.14 bits per heavy atom. The second-order valence-corrected chi connectivity index (χ2v) is 8.78. The van der Waals surface area contributed by atoms with E-state index in [0.717, 1.165) is 44.2 Å². The van der Waals surface area contributed by atoms with Gasteiger partial charge in [-0.1, -0.05) is 6.42 Å². The number of methoxy groups -OCH3 is 1. The number of nitrogens with zero attached hydrogens (tertiary/aromatic N) is 4. The van der Waals surface area contributed by atoms with E-state index in [-0.39, 0.29) is 0 Å². The molecule has 5 heteroatoms. The third kappa shape index (κ3) is 4.03. The van der Waals surface area contributed by atoms with Crippen LogP contribution >= 0.6 is 0 Å². The quantitative estimate of drug-likeness (QED) is 0.780. The van der Waals surface area contributed by atoms with Gasteiger partial charge in [-0.05, 0) is 75.5 Å². The Kier molecular flexibility index (Phi) is 5.88. The molecule has 0 bridgehead atoms. The van der Waals surface area contributed by atoms with Crippen LogP contribution in [0.25, 0.3) is 0 Å². The molecule has 1 aromatic heterocycles. The van der Waals surface area contributed by atoms with Gasteiger partial charge in [0.2, 0.25) is 0 Å². The third-order valence-electron chi connectivity index (χ3n) is 6.91. The summed E-state index contributed by atoms with van der Waals surface area (Å²) in [6.45, 7) is 10.7. The summed E-state index contributed by atoms with van der Waals surface area (Å²) < 4.78 is 5.53. The lowest BCUT2D eigenvalue weighted by Gasteiger charge is -2.33. The number of likely N-dealkylation sites (tertiary alicyclic amines) is 1. The van der Waals surface area contributed by atoms with Crippen molar-refractivity contribution >= 4 is 0 Å².